The number of nitrogens with one attached hydrogen (secondary N) is 2. The highest BCUT2D eigenvalue weighted by Crippen LogP contribution is 2.25. The van der Waals surface area contributed by atoms with Gasteiger partial charge in [0.25, 0.3) is 0 Å². The van der Waals surface area contributed by atoms with E-state index in [-0.39, 0.29) is 11.9 Å². The number of amides is 1. The molecule has 104 valence electrons. The Bertz CT molecular complexity index is 601. The quantitative estimate of drug-likeness (QED) is 0.888. The number of para-hydroxylation sites is 1. The van der Waals surface area contributed by atoms with E-state index < -0.39 is 0 Å². The fourth-order valence-electron chi connectivity index (χ4n) is 2.37. The Morgan fingerprint density at radius 1 is 1.35 bits per heavy atom. The predicted octanol–water partition coefficient (Wildman–Crippen LogP) is 3.21. The van der Waals surface area contributed by atoms with Crippen LogP contribution in [0.3, 0.4) is 0 Å². The van der Waals surface area contributed by atoms with E-state index in [2.05, 4.69) is 38.7 Å². The zero-order valence-electron chi connectivity index (χ0n) is 10.9. The van der Waals surface area contributed by atoms with E-state index in [0.717, 1.165) is 22.3 Å². The number of fused-ring (bicyclic) bond motifs is 1. The van der Waals surface area contributed by atoms with E-state index in [9.17, 15) is 4.79 Å². The molecule has 1 amide bonds. The average molecular weight is 351 g/mol. The van der Waals surface area contributed by atoms with E-state index in [0.29, 0.717) is 6.54 Å². The molecule has 1 aromatic carbocycles. The van der Waals surface area contributed by atoms with Crippen molar-refractivity contribution in [1.29, 1.82) is 0 Å². The lowest BCUT2D eigenvalue weighted by atomic mass is 10.1. The lowest BCUT2D eigenvalue weighted by molar-refractivity contribution is -0.121. The molecule has 0 unspecified atom stereocenters. The summed E-state index contributed by atoms with van der Waals surface area (Å²) in [4.78, 5) is 13.4. The number of hydrogen-bond acceptors (Lipinski definition) is 3. The second-order valence-corrected chi connectivity index (χ2v) is 7.35. The molecule has 1 aliphatic heterocycles. The number of rotatable bonds is 4. The number of thiophene rings is 1. The molecule has 3 nitrogen and oxygen atoms in total. The van der Waals surface area contributed by atoms with Crippen LogP contribution in [0.25, 0.3) is 0 Å². The van der Waals surface area contributed by atoms with Crippen LogP contribution in [0, 0.1) is 0 Å². The largest absolute Gasteiger partial charge is 0.373 e. The summed E-state index contributed by atoms with van der Waals surface area (Å²) in [5.41, 5.74) is 2.30. The van der Waals surface area contributed by atoms with Gasteiger partial charge in [0.2, 0.25) is 5.91 Å². The van der Waals surface area contributed by atoms with Gasteiger partial charge < -0.3 is 10.6 Å². The van der Waals surface area contributed by atoms with Crippen LogP contribution in [0.1, 0.15) is 10.4 Å². The molecule has 20 heavy (non-hydrogen) atoms. The number of halogens is 1. The van der Waals surface area contributed by atoms with Crippen molar-refractivity contribution < 1.29 is 4.79 Å². The Balaban J connectivity index is 1.49. The first-order chi connectivity index (χ1) is 9.72. The molecule has 3 rings (SSSR count). The molecule has 0 saturated heterocycles. The molecule has 5 heteroatoms. The molecular formula is C15H15BrN2OS. The van der Waals surface area contributed by atoms with E-state index in [4.69, 9.17) is 0 Å². The molecule has 0 aliphatic carbocycles. The Kier molecular flexibility index (Phi) is 4.08. The third kappa shape index (κ3) is 3.04. The molecule has 0 saturated carbocycles. The van der Waals surface area contributed by atoms with Gasteiger partial charge in [-0.05, 0) is 46.1 Å². The lowest BCUT2D eigenvalue weighted by Crippen LogP contribution is -2.39. The third-order valence-corrected chi connectivity index (χ3v) is 5.07. The smallest absolute Gasteiger partial charge is 0.242 e. The van der Waals surface area contributed by atoms with Crippen molar-refractivity contribution in [1.82, 2.24) is 5.32 Å². The first kappa shape index (κ1) is 13.6. The van der Waals surface area contributed by atoms with Crippen molar-refractivity contribution in [2.75, 3.05) is 11.9 Å². The molecule has 2 aromatic rings. The fourth-order valence-corrected chi connectivity index (χ4v) is 3.86. The molecule has 1 aromatic heterocycles. The van der Waals surface area contributed by atoms with Crippen LogP contribution in [-0.4, -0.2) is 18.5 Å². The second kappa shape index (κ2) is 5.97. The van der Waals surface area contributed by atoms with Gasteiger partial charge in [-0.1, -0.05) is 18.2 Å². The monoisotopic (exact) mass is 350 g/mol. The van der Waals surface area contributed by atoms with Gasteiger partial charge in [-0.25, -0.2) is 0 Å². The Morgan fingerprint density at radius 2 is 2.20 bits per heavy atom. The normalized spacial score (nSPS) is 16.6. The van der Waals surface area contributed by atoms with Gasteiger partial charge in [-0.15, -0.1) is 11.3 Å². The minimum atomic E-state index is -0.137. The van der Waals surface area contributed by atoms with Crippen molar-refractivity contribution >= 4 is 38.9 Å². The topological polar surface area (TPSA) is 41.1 Å². The molecule has 1 aliphatic rings. The van der Waals surface area contributed by atoms with Gasteiger partial charge in [0.05, 0.1) is 3.79 Å². The summed E-state index contributed by atoms with van der Waals surface area (Å²) >= 11 is 5.16. The first-order valence-corrected chi connectivity index (χ1v) is 8.20. The SMILES string of the molecule is O=C(NCCc1ccc(Br)s1)[C@@H]1Cc2ccccc2N1. The van der Waals surface area contributed by atoms with Crippen molar-refractivity contribution in [3.8, 4) is 0 Å². The van der Waals surface area contributed by atoms with Gasteiger partial charge in [-0.3, -0.25) is 4.79 Å². The highest BCUT2D eigenvalue weighted by atomic mass is 79.9. The minimum Gasteiger partial charge on any atom is -0.373 e. The van der Waals surface area contributed by atoms with Crippen molar-refractivity contribution in [2.45, 2.75) is 18.9 Å². The lowest BCUT2D eigenvalue weighted by Gasteiger charge is -2.11. The standard InChI is InChI=1S/C15H15BrN2OS/c16-14-6-5-11(20-14)7-8-17-15(19)13-9-10-3-1-2-4-12(10)18-13/h1-6,13,18H,7-9H2,(H,17,19)/t13-/m0/s1. The number of anilines is 1. The minimum absolute atomic E-state index is 0.0804. The van der Waals surface area contributed by atoms with Crippen LogP contribution in [-0.2, 0) is 17.6 Å². The molecule has 0 bridgehead atoms. The summed E-state index contributed by atoms with van der Waals surface area (Å²) in [6.07, 6.45) is 1.65. The molecule has 0 spiro atoms. The summed E-state index contributed by atoms with van der Waals surface area (Å²) in [7, 11) is 0. The molecule has 2 heterocycles. The van der Waals surface area contributed by atoms with Gasteiger partial charge >= 0.3 is 0 Å². The van der Waals surface area contributed by atoms with E-state index in [1.54, 1.807) is 11.3 Å². The van der Waals surface area contributed by atoms with Gasteiger partial charge in [-0.2, -0.15) is 0 Å². The second-order valence-electron chi connectivity index (χ2n) is 4.81. The van der Waals surface area contributed by atoms with Crippen LogP contribution < -0.4 is 10.6 Å². The summed E-state index contributed by atoms with van der Waals surface area (Å²) in [6, 6.07) is 12.1. The number of carbonyl (C=O) groups excluding carboxylic acids is 1. The molecule has 2 N–H and O–H groups in total. The fraction of sp³-hybridized carbons (Fsp3) is 0.267. The number of benzene rings is 1. The van der Waals surface area contributed by atoms with Crippen LogP contribution in [0.2, 0.25) is 0 Å². The zero-order chi connectivity index (χ0) is 13.9. The van der Waals surface area contributed by atoms with Gasteiger partial charge in [0.15, 0.2) is 0 Å². The molecule has 0 fully saturated rings. The van der Waals surface area contributed by atoms with Crippen LogP contribution in [0.15, 0.2) is 40.2 Å². The van der Waals surface area contributed by atoms with Crippen LogP contribution in [0.5, 0.6) is 0 Å². The average Bonchev–Trinajstić information content (AvgIpc) is 3.04. The Labute approximate surface area is 130 Å². The predicted molar refractivity (Wildman–Crippen MR) is 86.3 cm³/mol. The molecule has 1 atom stereocenters. The van der Waals surface area contributed by atoms with Crippen LogP contribution >= 0.6 is 27.3 Å². The Hall–Kier alpha value is -1.33. The highest BCUT2D eigenvalue weighted by Gasteiger charge is 2.25. The first-order valence-electron chi connectivity index (χ1n) is 6.59. The number of hydrogen-bond donors (Lipinski definition) is 2. The summed E-state index contributed by atoms with van der Waals surface area (Å²) in [5.74, 6) is 0.0804. The zero-order valence-corrected chi connectivity index (χ0v) is 13.3. The molecular weight excluding hydrogens is 336 g/mol. The van der Waals surface area contributed by atoms with Crippen LogP contribution in [0.4, 0.5) is 5.69 Å². The summed E-state index contributed by atoms with van der Waals surface area (Å²) in [6.45, 7) is 0.681. The highest BCUT2D eigenvalue weighted by molar-refractivity contribution is 9.11. The van der Waals surface area contributed by atoms with Gasteiger partial charge in [0.1, 0.15) is 6.04 Å². The van der Waals surface area contributed by atoms with Crippen molar-refractivity contribution in [3.05, 3.63) is 50.6 Å². The molecule has 0 radical (unpaired) electrons. The van der Waals surface area contributed by atoms with Gasteiger partial charge in [0, 0.05) is 23.5 Å². The summed E-state index contributed by atoms with van der Waals surface area (Å²) in [5, 5.41) is 6.28. The van der Waals surface area contributed by atoms with E-state index >= 15 is 0 Å². The maximum Gasteiger partial charge on any atom is 0.242 e. The van der Waals surface area contributed by atoms with E-state index in [1.807, 2.05) is 24.3 Å². The maximum absolute atomic E-state index is 12.1. The van der Waals surface area contributed by atoms with Crippen molar-refractivity contribution in [2.24, 2.45) is 0 Å². The van der Waals surface area contributed by atoms with Crippen molar-refractivity contribution in [3.63, 3.8) is 0 Å². The maximum atomic E-state index is 12.1. The number of carbonyl (C=O) groups is 1. The third-order valence-electron chi connectivity index (χ3n) is 3.39. The summed E-state index contributed by atoms with van der Waals surface area (Å²) < 4.78 is 1.13. The van der Waals surface area contributed by atoms with E-state index in [1.165, 1.54) is 10.4 Å². The Morgan fingerprint density at radius 3 is 2.95 bits per heavy atom.